The first-order valence-corrected chi connectivity index (χ1v) is 6.71. The Morgan fingerprint density at radius 3 is 2.50 bits per heavy atom. The van der Waals surface area contributed by atoms with E-state index in [4.69, 9.17) is 4.74 Å². The zero-order valence-corrected chi connectivity index (χ0v) is 11.4. The van der Waals surface area contributed by atoms with Crippen LogP contribution in [0.2, 0.25) is 0 Å². The number of piperidine rings is 1. The molecule has 1 aliphatic heterocycles. The Morgan fingerprint density at radius 2 is 1.95 bits per heavy atom. The van der Waals surface area contributed by atoms with E-state index in [9.17, 15) is 14.9 Å². The monoisotopic (exact) mass is 278 g/mol. The zero-order valence-electron chi connectivity index (χ0n) is 11.4. The van der Waals surface area contributed by atoms with E-state index >= 15 is 0 Å². The van der Waals surface area contributed by atoms with Crippen molar-refractivity contribution in [3.05, 3.63) is 39.9 Å². The minimum atomic E-state index is -0.454. The highest BCUT2D eigenvalue weighted by Gasteiger charge is 2.21. The summed E-state index contributed by atoms with van der Waals surface area (Å²) in [5, 5.41) is 10.5. The Kier molecular flexibility index (Phi) is 4.55. The lowest BCUT2D eigenvalue weighted by Crippen LogP contribution is -2.38. The van der Waals surface area contributed by atoms with Crippen molar-refractivity contribution >= 4 is 11.8 Å². The first-order chi connectivity index (χ1) is 9.56. The number of hydrogen-bond acceptors (Lipinski definition) is 4. The maximum atomic E-state index is 11.8. The fourth-order valence-corrected chi connectivity index (χ4v) is 2.14. The lowest BCUT2D eigenvalue weighted by molar-refractivity contribution is -0.384. The van der Waals surface area contributed by atoms with E-state index in [2.05, 4.69) is 6.92 Å². The smallest absolute Gasteiger partial charge is 0.410 e. The Labute approximate surface area is 117 Å². The quantitative estimate of drug-likeness (QED) is 0.629. The van der Waals surface area contributed by atoms with Crippen molar-refractivity contribution in [2.75, 3.05) is 13.1 Å². The van der Waals surface area contributed by atoms with Gasteiger partial charge in [0, 0.05) is 25.2 Å². The van der Waals surface area contributed by atoms with Crippen LogP contribution < -0.4 is 0 Å². The molecule has 0 spiro atoms. The summed E-state index contributed by atoms with van der Waals surface area (Å²) in [4.78, 5) is 23.6. The van der Waals surface area contributed by atoms with Gasteiger partial charge in [-0.15, -0.1) is 0 Å². The topological polar surface area (TPSA) is 72.7 Å². The molecule has 108 valence electrons. The molecule has 1 amide bonds. The Bertz CT molecular complexity index is 478. The predicted octanol–water partition coefficient (Wildman–Crippen LogP) is 2.96. The summed E-state index contributed by atoms with van der Waals surface area (Å²) < 4.78 is 5.22. The van der Waals surface area contributed by atoms with E-state index in [1.807, 2.05) is 0 Å². The second-order valence-corrected chi connectivity index (χ2v) is 5.15. The molecule has 0 saturated carbocycles. The number of nitro benzene ring substituents is 1. The molecule has 0 aliphatic carbocycles. The Hall–Kier alpha value is -2.11. The molecule has 0 bridgehead atoms. The molecule has 1 aliphatic rings. The molecule has 0 N–H and O–H groups in total. The normalized spacial score (nSPS) is 15.9. The van der Waals surface area contributed by atoms with Gasteiger partial charge in [-0.2, -0.15) is 0 Å². The Balaban J connectivity index is 1.82. The van der Waals surface area contributed by atoms with E-state index in [1.165, 1.54) is 12.1 Å². The summed E-state index contributed by atoms with van der Waals surface area (Å²) >= 11 is 0. The molecule has 1 saturated heterocycles. The van der Waals surface area contributed by atoms with Gasteiger partial charge >= 0.3 is 6.09 Å². The highest BCUT2D eigenvalue weighted by Crippen LogP contribution is 2.17. The van der Waals surface area contributed by atoms with Crippen LogP contribution in [0.5, 0.6) is 0 Å². The van der Waals surface area contributed by atoms with Gasteiger partial charge in [0.1, 0.15) is 6.61 Å². The Morgan fingerprint density at radius 1 is 1.35 bits per heavy atom. The maximum absolute atomic E-state index is 11.8. The van der Waals surface area contributed by atoms with Crippen LogP contribution in [-0.2, 0) is 11.3 Å². The minimum Gasteiger partial charge on any atom is -0.445 e. The number of rotatable bonds is 3. The number of benzene rings is 1. The second kappa shape index (κ2) is 6.36. The zero-order chi connectivity index (χ0) is 14.5. The largest absolute Gasteiger partial charge is 0.445 e. The third kappa shape index (κ3) is 3.69. The van der Waals surface area contributed by atoms with Gasteiger partial charge in [0.25, 0.3) is 5.69 Å². The number of carbonyl (C=O) groups is 1. The van der Waals surface area contributed by atoms with Crippen molar-refractivity contribution in [2.45, 2.75) is 26.4 Å². The first kappa shape index (κ1) is 14.3. The van der Waals surface area contributed by atoms with Crippen LogP contribution in [0.3, 0.4) is 0 Å². The van der Waals surface area contributed by atoms with Crippen molar-refractivity contribution < 1.29 is 14.5 Å². The fourth-order valence-electron chi connectivity index (χ4n) is 2.14. The predicted molar refractivity (Wildman–Crippen MR) is 73.3 cm³/mol. The van der Waals surface area contributed by atoms with Crippen molar-refractivity contribution in [1.82, 2.24) is 4.90 Å². The van der Waals surface area contributed by atoms with Crippen LogP contribution in [0.4, 0.5) is 10.5 Å². The molecular weight excluding hydrogens is 260 g/mol. The average Bonchev–Trinajstić information content (AvgIpc) is 2.46. The van der Waals surface area contributed by atoms with Gasteiger partial charge in [-0.3, -0.25) is 10.1 Å². The van der Waals surface area contributed by atoms with Crippen LogP contribution in [0.1, 0.15) is 25.3 Å². The molecule has 0 aromatic heterocycles. The summed E-state index contributed by atoms with van der Waals surface area (Å²) in [5.41, 5.74) is 0.777. The standard InChI is InChI=1S/C14H18N2O4/c1-11-6-8-15(9-7-11)14(17)20-10-12-2-4-13(5-3-12)16(18)19/h2-5,11H,6-10H2,1H3. The SMILES string of the molecule is CC1CCN(C(=O)OCc2ccc([N+](=O)[O-])cc2)CC1. The van der Waals surface area contributed by atoms with Gasteiger partial charge < -0.3 is 9.64 Å². The van der Waals surface area contributed by atoms with Gasteiger partial charge in [0.05, 0.1) is 4.92 Å². The molecule has 6 nitrogen and oxygen atoms in total. The van der Waals surface area contributed by atoms with E-state index in [0.29, 0.717) is 5.92 Å². The third-order valence-electron chi connectivity index (χ3n) is 3.55. The van der Waals surface area contributed by atoms with Gasteiger partial charge in [0.15, 0.2) is 0 Å². The van der Waals surface area contributed by atoms with Gasteiger partial charge in [-0.05, 0) is 36.5 Å². The lowest BCUT2D eigenvalue weighted by Gasteiger charge is -2.29. The third-order valence-corrected chi connectivity index (χ3v) is 3.55. The van der Waals surface area contributed by atoms with E-state index in [0.717, 1.165) is 31.5 Å². The van der Waals surface area contributed by atoms with Gasteiger partial charge in [-0.1, -0.05) is 6.92 Å². The number of hydrogen-bond donors (Lipinski definition) is 0. The molecule has 1 heterocycles. The molecule has 1 aromatic rings. The number of ether oxygens (including phenoxy) is 1. The second-order valence-electron chi connectivity index (χ2n) is 5.15. The first-order valence-electron chi connectivity index (χ1n) is 6.71. The molecule has 1 fully saturated rings. The molecule has 2 rings (SSSR count). The summed E-state index contributed by atoms with van der Waals surface area (Å²) in [6.45, 7) is 3.79. The van der Waals surface area contributed by atoms with E-state index in [1.54, 1.807) is 17.0 Å². The van der Waals surface area contributed by atoms with Crippen LogP contribution in [0, 0.1) is 16.0 Å². The maximum Gasteiger partial charge on any atom is 0.410 e. The van der Waals surface area contributed by atoms with Crippen LogP contribution in [0.15, 0.2) is 24.3 Å². The van der Waals surface area contributed by atoms with Crippen LogP contribution in [0.25, 0.3) is 0 Å². The van der Waals surface area contributed by atoms with Crippen LogP contribution in [-0.4, -0.2) is 29.0 Å². The van der Waals surface area contributed by atoms with Crippen LogP contribution >= 0.6 is 0 Å². The van der Waals surface area contributed by atoms with E-state index in [-0.39, 0.29) is 18.4 Å². The minimum absolute atomic E-state index is 0.0325. The number of likely N-dealkylation sites (tertiary alicyclic amines) is 1. The highest BCUT2D eigenvalue weighted by molar-refractivity contribution is 5.67. The van der Waals surface area contributed by atoms with Crippen molar-refractivity contribution in [2.24, 2.45) is 5.92 Å². The molecule has 0 atom stereocenters. The highest BCUT2D eigenvalue weighted by atomic mass is 16.6. The molecule has 1 aromatic carbocycles. The van der Waals surface area contributed by atoms with Gasteiger partial charge in [-0.25, -0.2) is 4.79 Å². The number of nitrogens with zero attached hydrogens (tertiary/aromatic N) is 2. The average molecular weight is 278 g/mol. The number of amides is 1. The van der Waals surface area contributed by atoms with Crippen molar-refractivity contribution in [3.63, 3.8) is 0 Å². The molecule has 20 heavy (non-hydrogen) atoms. The summed E-state index contributed by atoms with van der Waals surface area (Å²) in [7, 11) is 0. The number of non-ortho nitro benzene ring substituents is 1. The molecular formula is C14H18N2O4. The number of nitro groups is 1. The molecule has 6 heteroatoms. The lowest BCUT2D eigenvalue weighted by atomic mass is 10.00. The summed E-state index contributed by atoms with van der Waals surface area (Å²) in [6, 6.07) is 6.02. The summed E-state index contributed by atoms with van der Waals surface area (Å²) in [6.07, 6.45) is 1.70. The van der Waals surface area contributed by atoms with Gasteiger partial charge in [0.2, 0.25) is 0 Å². The fraction of sp³-hybridized carbons (Fsp3) is 0.500. The van der Waals surface area contributed by atoms with Crippen molar-refractivity contribution in [3.8, 4) is 0 Å². The van der Waals surface area contributed by atoms with E-state index < -0.39 is 4.92 Å². The molecule has 0 radical (unpaired) electrons. The number of carbonyl (C=O) groups excluding carboxylic acids is 1. The molecule has 0 unspecified atom stereocenters. The van der Waals surface area contributed by atoms with Crippen molar-refractivity contribution in [1.29, 1.82) is 0 Å². The summed E-state index contributed by atoms with van der Waals surface area (Å²) in [5.74, 6) is 0.661.